The van der Waals surface area contributed by atoms with Gasteiger partial charge in [0, 0.05) is 13.6 Å². The third kappa shape index (κ3) is 2.52. The molecule has 1 aliphatic rings. The van der Waals surface area contributed by atoms with E-state index in [4.69, 9.17) is 0 Å². The molecule has 6 nitrogen and oxygen atoms in total. The molecule has 17 heavy (non-hydrogen) atoms. The summed E-state index contributed by atoms with van der Waals surface area (Å²) < 4.78 is 3.50. The smallest absolute Gasteiger partial charge is 0.104 e. The van der Waals surface area contributed by atoms with Crippen molar-refractivity contribution in [2.24, 2.45) is 13.0 Å². The molecule has 1 fully saturated rings. The van der Waals surface area contributed by atoms with E-state index in [0.717, 1.165) is 30.4 Å². The lowest BCUT2D eigenvalue weighted by molar-refractivity contribution is 0.628. The topological polar surface area (TPSA) is 60.6 Å². The van der Waals surface area contributed by atoms with Crippen molar-refractivity contribution in [2.45, 2.75) is 19.4 Å². The summed E-state index contributed by atoms with van der Waals surface area (Å²) in [6, 6.07) is 0. The fourth-order valence-corrected chi connectivity index (χ4v) is 1.76. The first-order valence-electron chi connectivity index (χ1n) is 5.92. The lowest BCUT2D eigenvalue weighted by Gasteiger charge is -1.98. The largest absolute Gasteiger partial charge is 0.311 e. The molecule has 0 spiro atoms. The monoisotopic (exact) mass is 232 g/mol. The number of nitrogens with one attached hydrogen (secondary N) is 1. The van der Waals surface area contributed by atoms with Gasteiger partial charge in [-0.25, -0.2) is 4.68 Å². The highest BCUT2D eigenvalue weighted by Gasteiger charge is 2.20. The van der Waals surface area contributed by atoms with E-state index < -0.39 is 0 Å². The Morgan fingerprint density at radius 3 is 3.00 bits per heavy atom. The van der Waals surface area contributed by atoms with Crippen molar-refractivity contribution in [3.05, 3.63) is 24.3 Å². The van der Waals surface area contributed by atoms with Gasteiger partial charge in [0.1, 0.15) is 5.69 Å². The van der Waals surface area contributed by atoms with Crippen molar-refractivity contribution in [1.29, 1.82) is 0 Å². The lowest BCUT2D eigenvalue weighted by Crippen LogP contribution is -2.16. The fourth-order valence-electron chi connectivity index (χ4n) is 1.76. The minimum atomic E-state index is 0.788. The van der Waals surface area contributed by atoms with E-state index in [1.165, 1.54) is 12.8 Å². The van der Waals surface area contributed by atoms with E-state index >= 15 is 0 Å². The molecule has 0 unspecified atom stereocenters. The van der Waals surface area contributed by atoms with Crippen molar-refractivity contribution in [3.63, 3.8) is 0 Å². The first kappa shape index (κ1) is 10.5. The van der Waals surface area contributed by atoms with Crippen LogP contribution in [0.4, 0.5) is 0 Å². The summed E-state index contributed by atoms with van der Waals surface area (Å²) in [6.45, 7) is 1.89. The van der Waals surface area contributed by atoms with Gasteiger partial charge in [-0.1, -0.05) is 5.21 Å². The maximum absolute atomic E-state index is 4.13. The van der Waals surface area contributed by atoms with E-state index in [1.807, 2.05) is 19.4 Å². The Kier molecular flexibility index (Phi) is 2.64. The van der Waals surface area contributed by atoms with Gasteiger partial charge < -0.3 is 5.32 Å². The molecule has 0 aromatic carbocycles. The molecule has 2 aromatic heterocycles. The zero-order valence-corrected chi connectivity index (χ0v) is 9.87. The maximum Gasteiger partial charge on any atom is 0.104 e. The first-order valence-corrected chi connectivity index (χ1v) is 5.92. The molecule has 2 aromatic rings. The number of aryl methyl sites for hydroxylation is 1. The first-order chi connectivity index (χ1) is 8.31. The zero-order chi connectivity index (χ0) is 11.7. The molecule has 0 aliphatic heterocycles. The standard InChI is InChI=1S/C11H16N6/c1-16-8-11(6-13-16)17-7-10(14-15-17)5-12-4-9-2-3-9/h6-9,12H,2-5H2,1H3. The average Bonchev–Trinajstić information content (AvgIpc) is 2.85. The molecule has 0 amide bonds. The number of hydrogen-bond donors (Lipinski definition) is 1. The zero-order valence-electron chi connectivity index (χ0n) is 9.87. The molecule has 0 saturated heterocycles. The van der Waals surface area contributed by atoms with Crippen LogP contribution in [0, 0.1) is 5.92 Å². The molecular weight excluding hydrogens is 216 g/mol. The minimum absolute atomic E-state index is 0.788. The molecular formula is C11H16N6. The van der Waals surface area contributed by atoms with E-state index in [0.29, 0.717) is 0 Å². The van der Waals surface area contributed by atoms with Crippen molar-refractivity contribution < 1.29 is 0 Å². The van der Waals surface area contributed by atoms with Crippen LogP contribution in [0.15, 0.2) is 18.6 Å². The Labute approximate surface area is 99.6 Å². The van der Waals surface area contributed by atoms with Crippen LogP contribution in [0.5, 0.6) is 0 Å². The highest BCUT2D eigenvalue weighted by Crippen LogP contribution is 2.27. The van der Waals surface area contributed by atoms with Crippen molar-refractivity contribution >= 4 is 0 Å². The van der Waals surface area contributed by atoms with Crippen LogP contribution in [0.3, 0.4) is 0 Å². The second kappa shape index (κ2) is 4.29. The van der Waals surface area contributed by atoms with E-state index in [2.05, 4.69) is 20.7 Å². The molecule has 6 heteroatoms. The molecule has 3 rings (SSSR count). The van der Waals surface area contributed by atoms with Crippen molar-refractivity contribution in [1.82, 2.24) is 30.1 Å². The summed E-state index contributed by atoms with van der Waals surface area (Å²) in [4.78, 5) is 0. The molecule has 1 aliphatic carbocycles. The molecule has 1 N–H and O–H groups in total. The maximum atomic E-state index is 4.13. The van der Waals surface area contributed by atoms with Gasteiger partial charge in [-0.2, -0.15) is 5.10 Å². The van der Waals surface area contributed by atoms with Gasteiger partial charge in [-0.3, -0.25) is 4.68 Å². The Morgan fingerprint density at radius 1 is 1.41 bits per heavy atom. The molecule has 1 saturated carbocycles. The van der Waals surface area contributed by atoms with Crippen LogP contribution in [-0.2, 0) is 13.6 Å². The normalized spacial score (nSPS) is 15.4. The number of rotatable bonds is 5. The Hall–Kier alpha value is -1.69. The van der Waals surface area contributed by atoms with Crippen molar-refractivity contribution in [2.75, 3.05) is 6.54 Å². The summed E-state index contributed by atoms with van der Waals surface area (Å²) in [7, 11) is 1.89. The third-order valence-electron chi connectivity index (χ3n) is 2.93. The fraction of sp³-hybridized carbons (Fsp3) is 0.545. The Bertz CT molecular complexity index is 496. The van der Waals surface area contributed by atoms with Crippen LogP contribution in [0.2, 0.25) is 0 Å². The molecule has 90 valence electrons. The van der Waals surface area contributed by atoms with Crippen LogP contribution in [0.25, 0.3) is 5.69 Å². The molecule has 0 radical (unpaired) electrons. The molecule has 2 heterocycles. The SMILES string of the molecule is Cn1cc(-n2cc(CNCC3CC3)nn2)cn1. The highest BCUT2D eigenvalue weighted by atomic mass is 15.4. The second-order valence-corrected chi connectivity index (χ2v) is 4.60. The molecule has 0 atom stereocenters. The van der Waals surface area contributed by atoms with E-state index in [-0.39, 0.29) is 0 Å². The summed E-state index contributed by atoms with van der Waals surface area (Å²) in [5.74, 6) is 0.892. The van der Waals surface area contributed by atoms with E-state index in [9.17, 15) is 0 Å². The minimum Gasteiger partial charge on any atom is -0.311 e. The second-order valence-electron chi connectivity index (χ2n) is 4.60. The van der Waals surface area contributed by atoms with Crippen LogP contribution in [-0.4, -0.2) is 31.3 Å². The predicted octanol–water partition coefficient (Wildman–Crippen LogP) is 0.500. The third-order valence-corrected chi connectivity index (χ3v) is 2.93. The summed E-state index contributed by atoms with van der Waals surface area (Å²) in [5, 5.41) is 15.7. The van der Waals surface area contributed by atoms with Crippen LogP contribution in [0.1, 0.15) is 18.5 Å². The Morgan fingerprint density at radius 2 is 2.29 bits per heavy atom. The Balaban J connectivity index is 1.61. The quantitative estimate of drug-likeness (QED) is 0.815. The average molecular weight is 232 g/mol. The van der Waals surface area contributed by atoms with Gasteiger partial charge in [0.2, 0.25) is 0 Å². The number of hydrogen-bond acceptors (Lipinski definition) is 4. The van der Waals surface area contributed by atoms with Gasteiger partial charge in [0.25, 0.3) is 0 Å². The summed E-state index contributed by atoms with van der Waals surface area (Å²) in [6.07, 6.45) is 8.37. The van der Waals surface area contributed by atoms with Crippen LogP contribution < -0.4 is 5.32 Å². The van der Waals surface area contributed by atoms with Gasteiger partial charge >= 0.3 is 0 Å². The van der Waals surface area contributed by atoms with Gasteiger partial charge in [-0.15, -0.1) is 5.10 Å². The summed E-state index contributed by atoms with van der Waals surface area (Å²) >= 11 is 0. The van der Waals surface area contributed by atoms with Crippen molar-refractivity contribution in [3.8, 4) is 5.69 Å². The van der Waals surface area contributed by atoms with Crippen LogP contribution >= 0.6 is 0 Å². The van der Waals surface area contributed by atoms with E-state index in [1.54, 1.807) is 15.6 Å². The summed E-state index contributed by atoms with van der Waals surface area (Å²) in [5.41, 5.74) is 1.91. The van der Waals surface area contributed by atoms with Gasteiger partial charge in [-0.05, 0) is 25.3 Å². The molecule has 0 bridgehead atoms. The lowest BCUT2D eigenvalue weighted by atomic mass is 10.4. The predicted molar refractivity (Wildman–Crippen MR) is 62.6 cm³/mol. The van der Waals surface area contributed by atoms with Gasteiger partial charge in [0.15, 0.2) is 0 Å². The highest BCUT2D eigenvalue weighted by molar-refractivity contribution is 5.23. The number of aromatic nitrogens is 5. The van der Waals surface area contributed by atoms with Gasteiger partial charge in [0.05, 0.1) is 24.3 Å². The number of nitrogens with zero attached hydrogens (tertiary/aromatic N) is 5.